The monoisotopic (exact) mass is 1270 g/mol. The number of carbonyl (C=O) groups excluding carboxylic acids is 8. The average Bonchev–Trinajstić information content (AvgIpc) is 1.81. The summed E-state index contributed by atoms with van der Waals surface area (Å²) < 4.78 is 20.9. The summed E-state index contributed by atoms with van der Waals surface area (Å²) in [5.41, 5.74) is 5.87. The van der Waals surface area contributed by atoms with E-state index in [0.717, 1.165) is 60.6 Å². The molecular formula is C56H74N10O22S. The zero-order valence-electron chi connectivity index (χ0n) is 48.6. The van der Waals surface area contributed by atoms with Gasteiger partial charge in [0, 0.05) is 56.2 Å². The number of aromatic nitrogens is 2. The summed E-state index contributed by atoms with van der Waals surface area (Å²) in [6.07, 6.45) is -8.18. The number of rotatable bonds is 22. The Morgan fingerprint density at radius 2 is 1.54 bits per heavy atom. The summed E-state index contributed by atoms with van der Waals surface area (Å²) in [6.45, 7) is 3.30. The number of aliphatic hydroxyl groups is 7. The van der Waals surface area contributed by atoms with Crippen LogP contribution in [0, 0.1) is 5.92 Å². The first-order chi connectivity index (χ1) is 42.4. The van der Waals surface area contributed by atoms with Gasteiger partial charge in [0.2, 0.25) is 53.1 Å². The number of unbranched alkanes of at least 4 members (excludes halogenated alkanes) is 5. The lowest BCUT2D eigenvalue weighted by molar-refractivity contribution is -0.433. The normalized spacial score (nSPS) is 25.5. The standard InChI is InChI=1S/C56H74N10O22S/c1-4-5-6-7-8-9-16-84-41-15-12-30(22-58-41)54-61-33-17-29(11-14-38(33)85-54)49(76)60-34-19-31(68)23-59-53(80)45-46(73)26(2)24-66(45)56(82)43(37(71)21-40(57)72)63-52(79)44(48(75)47(74)28-10-13-36(70)39(18-28)86-89-88-87-83)64-51(78)35-20-32(69)25-65(35)55(81)42(27(3)67)62-50(34)77/h10-15,17-18,22,26-27,31-32,34-35,37,42-48,67-71,73-75,83H,4-9,16,19-21,23-25H2,1-3H3,(H2,57,72)(H,59,80)(H,60,76)(H,62,77)(H,63,79)(H,64,78)/t26?,27?,31?,32?,34-,35?,37?,42?,43?,44?,45?,46?,47?,48?/m0/s1. The van der Waals surface area contributed by atoms with Gasteiger partial charge in [-0.1, -0.05) is 61.4 Å². The molecule has 5 heterocycles. The molecule has 0 bridgehead atoms. The number of aromatic hydroxyl groups is 1. The van der Waals surface area contributed by atoms with Crippen LogP contribution in [0.5, 0.6) is 17.4 Å². The number of phenols is 1. The smallest absolute Gasteiger partial charge is 0.261 e. The number of phenolic OH excluding ortho intramolecular Hbond substituents is 1. The van der Waals surface area contributed by atoms with Gasteiger partial charge in [-0.2, -0.15) is 0 Å². The van der Waals surface area contributed by atoms with Crippen molar-refractivity contribution in [1.29, 1.82) is 0 Å². The molecule has 0 aliphatic carbocycles. The Kier molecular flexibility index (Phi) is 24.4. The van der Waals surface area contributed by atoms with Crippen molar-refractivity contribution in [3.8, 4) is 28.8 Å². The first-order valence-electron chi connectivity index (χ1n) is 28.7. The van der Waals surface area contributed by atoms with E-state index in [9.17, 15) is 79.2 Å². The number of amides is 8. The van der Waals surface area contributed by atoms with Gasteiger partial charge in [-0.25, -0.2) is 15.2 Å². The van der Waals surface area contributed by atoms with Crippen molar-refractivity contribution in [2.45, 2.75) is 158 Å². The third-order valence-corrected chi connectivity index (χ3v) is 15.7. The first-order valence-corrected chi connectivity index (χ1v) is 29.4. The maximum atomic E-state index is 14.7. The van der Waals surface area contributed by atoms with Crippen molar-refractivity contribution in [2.75, 3.05) is 26.2 Å². The summed E-state index contributed by atoms with van der Waals surface area (Å²) >= 11 is -0.0256. The fourth-order valence-electron chi connectivity index (χ4n) is 10.5. The molecule has 0 radical (unpaired) electrons. The molecule has 89 heavy (non-hydrogen) atoms. The van der Waals surface area contributed by atoms with Crippen molar-refractivity contribution >= 4 is 70.7 Å². The van der Waals surface area contributed by atoms with Crippen LogP contribution >= 0.6 is 12.3 Å². The highest BCUT2D eigenvalue weighted by molar-refractivity contribution is 7.90. The summed E-state index contributed by atoms with van der Waals surface area (Å²) in [6, 6.07) is -1.96. The average molecular weight is 1270 g/mol. The van der Waals surface area contributed by atoms with Crippen LogP contribution in [-0.2, 0) is 42.9 Å². The molecule has 13 unspecified atom stereocenters. The lowest BCUT2D eigenvalue weighted by Gasteiger charge is -2.34. The molecule has 486 valence electrons. The Balaban J connectivity index is 1.20. The Labute approximate surface area is 512 Å². The molecule has 0 saturated carbocycles. The van der Waals surface area contributed by atoms with E-state index in [1.165, 1.54) is 44.2 Å². The van der Waals surface area contributed by atoms with Crippen LogP contribution in [0.3, 0.4) is 0 Å². The van der Waals surface area contributed by atoms with Crippen molar-refractivity contribution < 1.29 is 107 Å². The molecule has 3 aliphatic rings. The number of nitrogens with zero attached hydrogens (tertiary/aromatic N) is 4. The fraction of sp³-hybridized carbons (Fsp3) is 0.536. The number of oxazole rings is 1. The van der Waals surface area contributed by atoms with E-state index in [1.54, 1.807) is 12.1 Å². The first kappa shape index (κ1) is 68.7. The third kappa shape index (κ3) is 17.5. The predicted molar refractivity (Wildman–Crippen MR) is 307 cm³/mol. The topological polar surface area (TPSA) is 487 Å². The Hall–Kier alpha value is -7.83. The lowest BCUT2D eigenvalue weighted by Crippen LogP contribution is -2.64. The van der Waals surface area contributed by atoms with E-state index >= 15 is 0 Å². The molecule has 2 aromatic carbocycles. The second kappa shape index (κ2) is 31.6. The maximum absolute atomic E-state index is 14.7. The van der Waals surface area contributed by atoms with E-state index in [2.05, 4.69) is 52.8 Å². The zero-order chi connectivity index (χ0) is 64.8. The van der Waals surface area contributed by atoms with Crippen LogP contribution in [0.4, 0.5) is 0 Å². The second-order valence-electron chi connectivity index (χ2n) is 22.1. The van der Waals surface area contributed by atoms with Crippen molar-refractivity contribution in [3.05, 3.63) is 65.9 Å². The van der Waals surface area contributed by atoms with Crippen molar-refractivity contribution in [2.24, 2.45) is 11.7 Å². The molecule has 32 nitrogen and oxygen atoms in total. The number of carbonyl (C=O) groups is 8. The van der Waals surface area contributed by atoms with Crippen LogP contribution in [0.1, 0.15) is 101 Å². The van der Waals surface area contributed by atoms with Gasteiger partial charge in [0.25, 0.3) is 18.2 Å². The van der Waals surface area contributed by atoms with Gasteiger partial charge >= 0.3 is 0 Å². The van der Waals surface area contributed by atoms with Crippen LogP contribution in [0.25, 0.3) is 22.6 Å². The molecule has 14 atom stereocenters. The molecule has 3 saturated heterocycles. The molecule has 3 aliphatic heterocycles. The predicted octanol–water partition coefficient (Wildman–Crippen LogP) is -1.99. The molecule has 7 rings (SSSR count). The molecular weight excluding hydrogens is 1200 g/mol. The van der Waals surface area contributed by atoms with Gasteiger partial charge in [0.1, 0.15) is 54.0 Å². The number of ether oxygens (including phenoxy) is 1. The Morgan fingerprint density at radius 3 is 2.24 bits per heavy atom. The minimum Gasteiger partial charge on any atom is -0.504 e. The minimum absolute atomic E-state index is 0.0256. The second-order valence-corrected chi connectivity index (χ2v) is 22.5. The number of primary amides is 1. The number of nitrogens with one attached hydrogen (secondary N) is 5. The van der Waals surface area contributed by atoms with Crippen molar-refractivity contribution in [3.63, 3.8) is 0 Å². The van der Waals surface area contributed by atoms with Gasteiger partial charge in [0.15, 0.2) is 17.1 Å². The Bertz CT molecular complexity index is 3140. The number of aliphatic hydroxyl groups excluding tert-OH is 7. The third-order valence-electron chi connectivity index (χ3n) is 15.3. The molecule has 8 amide bonds. The lowest BCUT2D eigenvalue weighted by atomic mass is 9.96. The van der Waals surface area contributed by atoms with Gasteiger partial charge in [-0.05, 0) is 55.3 Å². The molecule has 0 spiro atoms. The van der Waals surface area contributed by atoms with E-state index in [4.69, 9.17) is 24.3 Å². The highest BCUT2D eigenvalue weighted by Crippen LogP contribution is 2.34. The van der Waals surface area contributed by atoms with Gasteiger partial charge in [0.05, 0.1) is 49.1 Å². The number of hydrogen-bond acceptors (Lipinski definition) is 25. The minimum atomic E-state index is -2.53. The van der Waals surface area contributed by atoms with E-state index in [1.807, 2.05) is 0 Å². The summed E-state index contributed by atoms with van der Waals surface area (Å²) in [5, 5.41) is 114. The molecule has 2 aromatic heterocycles. The number of pyridine rings is 1. The number of fused-ring (bicyclic) bond motifs is 3. The van der Waals surface area contributed by atoms with Gasteiger partial charge in [-0.15, -0.1) is 0 Å². The quantitative estimate of drug-likeness (QED) is 0.0175. The van der Waals surface area contributed by atoms with Gasteiger partial charge < -0.3 is 96.3 Å². The van der Waals surface area contributed by atoms with E-state index in [0.29, 0.717) is 18.1 Å². The molecule has 3 fully saturated rings. The number of nitrogens with two attached hydrogens (primary N) is 1. The zero-order valence-corrected chi connectivity index (χ0v) is 49.4. The van der Waals surface area contributed by atoms with Crippen LogP contribution in [-0.4, -0.2) is 212 Å². The van der Waals surface area contributed by atoms with Crippen LogP contribution < -0.4 is 41.2 Å². The largest absolute Gasteiger partial charge is 0.504 e. The fourth-order valence-corrected chi connectivity index (χ4v) is 10.8. The summed E-state index contributed by atoms with van der Waals surface area (Å²) in [7, 11) is 0. The number of benzene rings is 2. The van der Waals surface area contributed by atoms with Crippen LogP contribution in [0.2, 0.25) is 0 Å². The highest BCUT2D eigenvalue weighted by atomic mass is 32.2. The Morgan fingerprint density at radius 1 is 0.831 bits per heavy atom. The number of β-amino-alcohol motifs (C(OH)–C–C–N with tert-alkyl or cyclic N) is 1. The highest BCUT2D eigenvalue weighted by Gasteiger charge is 2.50. The maximum Gasteiger partial charge on any atom is 0.261 e. The van der Waals surface area contributed by atoms with Gasteiger partial charge in [-0.3, -0.25) is 38.4 Å². The van der Waals surface area contributed by atoms with E-state index in [-0.39, 0.29) is 40.4 Å². The summed E-state index contributed by atoms with van der Waals surface area (Å²) in [4.78, 5) is 124. The molecule has 16 N–H and O–H groups in total. The summed E-state index contributed by atoms with van der Waals surface area (Å²) in [5.74, 6) is -11.5. The molecule has 4 aromatic rings. The van der Waals surface area contributed by atoms with Crippen LogP contribution in [0.15, 0.2) is 59.1 Å². The van der Waals surface area contributed by atoms with Crippen molar-refractivity contribution in [1.82, 2.24) is 46.4 Å². The molecule has 33 heteroatoms. The number of hydrogen-bond donors (Lipinski definition) is 15. The SMILES string of the molecule is CCCCCCCCOc1ccc(-c2nc3cc(C(=O)N[C@H]4CC(O)CNC(=O)C5C(O)C(C)CN5C(=O)C(C(O)CC(N)=O)NC(=O)C(C(O)C(O)c5ccc(O)c(OSOOO)c5)NC(=O)C5CC(O)CN5C(=O)C(C(C)O)NC4=O)ccc3o2)cn1. The van der Waals surface area contributed by atoms with E-state index < -0.39 is 183 Å².